The Bertz CT molecular complexity index is 1010. The number of hydrogen-bond donors (Lipinski definition) is 1. The van der Waals surface area contributed by atoms with E-state index in [0.29, 0.717) is 29.4 Å². The zero-order valence-corrected chi connectivity index (χ0v) is 17.4. The lowest BCUT2D eigenvalue weighted by Gasteiger charge is -2.21. The zero-order valence-electron chi connectivity index (χ0n) is 16.6. The molecule has 0 saturated heterocycles. The first-order chi connectivity index (χ1) is 14.3. The molecule has 0 aliphatic rings. The highest BCUT2D eigenvalue weighted by atomic mass is 32.2. The van der Waals surface area contributed by atoms with Crippen LogP contribution in [0.4, 0.5) is 5.69 Å². The topological polar surface area (TPSA) is 121 Å². The van der Waals surface area contributed by atoms with Gasteiger partial charge in [0.2, 0.25) is 10.0 Å². The number of nitrogens with zero attached hydrogens (tertiary/aromatic N) is 3. The Balaban J connectivity index is 1.99. The molecule has 1 amide bonds. The third-order valence-corrected chi connectivity index (χ3v) is 4.85. The molecule has 0 radical (unpaired) electrons. The molecule has 0 fully saturated rings. The number of hydrogen-bond acceptors (Lipinski definition) is 7. The standard InChI is InChI=1S/C20H22N4O5S/c1-3-28-18-10-6-17(7-11-18)24(30(2,26)27)15-20(25)23-22-14-16-4-8-19(9-5-16)29-13-12-21/h4-11,14H,3,13,15H2,1-2H3,(H,23,25). The van der Waals surface area contributed by atoms with Gasteiger partial charge in [0.1, 0.15) is 24.1 Å². The summed E-state index contributed by atoms with van der Waals surface area (Å²) in [5.41, 5.74) is 3.34. The molecule has 9 nitrogen and oxygen atoms in total. The number of sulfonamides is 1. The Morgan fingerprint density at radius 3 is 2.30 bits per heavy atom. The van der Waals surface area contributed by atoms with Gasteiger partial charge >= 0.3 is 0 Å². The van der Waals surface area contributed by atoms with Crippen LogP contribution in [0.3, 0.4) is 0 Å². The van der Waals surface area contributed by atoms with Gasteiger partial charge in [-0.1, -0.05) is 0 Å². The van der Waals surface area contributed by atoms with Crippen LogP contribution in [0, 0.1) is 11.3 Å². The molecule has 0 atom stereocenters. The van der Waals surface area contributed by atoms with E-state index in [-0.39, 0.29) is 6.61 Å². The Labute approximate surface area is 175 Å². The molecule has 30 heavy (non-hydrogen) atoms. The fourth-order valence-corrected chi connectivity index (χ4v) is 3.24. The molecule has 0 spiro atoms. The normalized spacial score (nSPS) is 11.0. The lowest BCUT2D eigenvalue weighted by molar-refractivity contribution is -0.119. The second-order valence-electron chi connectivity index (χ2n) is 6.01. The van der Waals surface area contributed by atoms with Crippen LogP contribution in [0.2, 0.25) is 0 Å². The largest absolute Gasteiger partial charge is 0.494 e. The highest BCUT2D eigenvalue weighted by Gasteiger charge is 2.20. The van der Waals surface area contributed by atoms with Crippen molar-refractivity contribution in [3.05, 3.63) is 54.1 Å². The summed E-state index contributed by atoms with van der Waals surface area (Å²) < 4.78 is 35.7. The predicted octanol–water partition coefficient (Wildman–Crippen LogP) is 1.90. The monoisotopic (exact) mass is 430 g/mol. The average molecular weight is 430 g/mol. The summed E-state index contributed by atoms with van der Waals surface area (Å²) in [6.07, 6.45) is 2.43. The van der Waals surface area contributed by atoms with Crippen molar-refractivity contribution >= 4 is 27.8 Å². The van der Waals surface area contributed by atoms with Gasteiger partial charge in [-0.3, -0.25) is 9.10 Å². The summed E-state index contributed by atoms with van der Waals surface area (Å²) in [6, 6.07) is 15.0. The van der Waals surface area contributed by atoms with E-state index in [1.54, 1.807) is 48.5 Å². The van der Waals surface area contributed by atoms with E-state index in [1.807, 2.05) is 13.0 Å². The van der Waals surface area contributed by atoms with Crippen LogP contribution >= 0.6 is 0 Å². The van der Waals surface area contributed by atoms with Gasteiger partial charge in [-0.05, 0) is 61.0 Å². The first-order valence-electron chi connectivity index (χ1n) is 8.95. The van der Waals surface area contributed by atoms with Crippen molar-refractivity contribution in [3.63, 3.8) is 0 Å². The van der Waals surface area contributed by atoms with E-state index in [0.717, 1.165) is 10.6 Å². The number of ether oxygens (including phenoxy) is 2. The summed E-state index contributed by atoms with van der Waals surface area (Å²) in [5, 5.41) is 12.3. The third-order valence-electron chi connectivity index (χ3n) is 3.71. The van der Waals surface area contributed by atoms with Crippen LogP contribution in [-0.2, 0) is 14.8 Å². The van der Waals surface area contributed by atoms with Crippen LogP contribution < -0.4 is 19.2 Å². The highest BCUT2D eigenvalue weighted by molar-refractivity contribution is 7.92. The van der Waals surface area contributed by atoms with Gasteiger partial charge in [0.15, 0.2) is 6.61 Å². The van der Waals surface area contributed by atoms with Gasteiger partial charge in [-0.25, -0.2) is 13.8 Å². The molecule has 0 aliphatic heterocycles. The molecule has 2 rings (SSSR count). The Kier molecular flexibility index (Phi) is 8.19. The number of carbonyl (C=O) groups is 1. The lowest BCUT2D eigenvalue weighted by Crippen LogP contribution is -2.39. The summed E-state index contributed by atoms with van der Waals surface area (Å²) in [4.78, 5) is 12.2. The fraction of sp³-hybridized carbons (Fsp3) is 0.250. The van der Waals surface area contributed by atoms with E-state index in [2.05, 4.69) is 10.5 Å². The van der Waals surface area contributed by atoms with Gasteiger partial charge < -0.3 is 9.47 Å². The molecule has 0 aliphatic carbocycles. The second kappa shape index (κ2) is 10.8. The number of benzene rings is 2. The van der Waals surface area contributed by atoms with Crippen molar-refractivity contribution in [1.29, 1.82) is 5.26 Å². The van der Waals surface area contributed by atoms with E-state index < -0.39 is 22.5 Å². The van der Waals surface area contributed by atoms with Crippen LogP contribution in [0.25, 0.3) is 0 Å². The Hall–Kier alpha value is -3.58. The number of amides is 1. The smallest absolute Gasteiger partial charge is 0.260 e. The van der Waals surface area contributed by atoms with Crippen LogP contribution in [0.5, 0.6) is 11.5 Å². The third kappa shape index (κ3) is 7.10. The quantitative estimate of drug-likeness (QED) is 0.454. The van der Waals surface area contributed by atoms with Crippen molar-refractivity contribution in [1.82, 2.24) is 5.43 Å². The maximum atomic E-state index is 12.2. The van der Waals surface area contributed by atoms with Crippen molar-refractivity contribution in [2.45, 2.75) is 6.92 Å². The van der Waals surface area contributed by atoms with Gasteiger partial charge in [-0.2, -0.15) is 10.4 Å². The van der Waals surface area contributed by atoms with Crippen molar-refractivity contribution in [2.75, 3.05) is 30.3 Å². The number of nitriles is 1. The summed E-state index contributed by atoms with van der Waals surface area (Å²) in [7, 11) is -3.68. The van der Waals surface area contributed by atoms with Gasteiger partial charge in [0, 0.05) is 0 Å². The average Bonchev–Trinajstić information content (AvgIpc) is 2.71. The molecule has 2 aromatic carbocycles. The number of hydrazone groups is 1. The minimum atomic E-state index is -3.68. The van der Waals surface area contributed by atoms with Crippen molar-refractivity contribution in [3.8, 4) is 17.6 Å². The van der Waals surface area contributed by atoms with Crippen LogP contribution in [0.15, 0.2) is 53.6 Å². The minimum absolute atomic E-state index is 0.0469. The number of carbonyl (C=O) groups excluding carboxylic acids is 1. The number of nitrogens with one attached hydrogen (secondary N) is 1. The second-order valence-corrected chi connectivity index (χ2v) is 7.91. The van der Waals surface area contributed by atoms with Crippen molar-refractivity contribution in [2.24, 2.45) is 5.10 Å². The molecule has 0 bridgehead atoms. The first kappa shape index (κ1) is 22.7. The molecule has 158 valence electrons. The minimum Gasteiger partial charge on any atom is -0.494 e. The van der Waals surface area contributed by atoms with Crippen molar-refractivity contribution < 1.29 is 22.7 Å². The molecular weight excluding hydrogens is 408 g/mol. The van der Waals surface area contributed by atoms with Gasteiger partial charge in [0.25, 0.3) is 5.91 Å². The first-order valence-corrected chi connectivity index (χ1v) is 10.8. The maximum absolute atomic E-state index is 12.2. The molecule has 1 N–H and O–H groups in total. The number of anilines is 1. The van der Waals surface area contributed by atoms with E-state index in [4.69, 9.17) is 14.7 Å². The molecular formula is C20H22N4O5S. The number of rotatable bonds is 10. The van der Waals surface area contributed by atoms with Gasteiger partial charge in [0.05, 0.1) is 24.8 Å². The maximum Gasteiger partial charge on any atom is 0.260 e. The highest BCUT2D eigenvalue weighted by Crippen LogP contribution is 2.21. The molecule has 10 heteroatoms. The fourth-order valence-electron chi connectivity index (χ4n) is 2.39. The van der Waals surface area contributed by atoms with E-state index >= 15 is 0 Å². The van der Waals surface area contributed by atoms with Gasteiger partial charge in [-0.15, -0.1) is 0 Å². The predicted molar refractivity (Wildman–Crippen MR) is 113 cm³/mol. The SMILES string of the molecule is CCOc1ccc(N(CC(=O)NN=Cc2ccc(OCC#N)cc2)S(C)(=O)=O)cc1. The lowest BCUT2D eigenvalue weighted by atomic mass is 10.2. The molecule has 0 unspecified atom stereocenters. The van der Waals surface area contributed by atoms with E-state index in [1.165, 1.54) is 6.21 Å². The molecule has 0 saturated carbocycles. The van der Waals surface area contributed by atoms with Crippen LogP contribution in [0.1, 0.15) is 12.5 Å². The summed E-state index contributed by atoms with van der Waals surface area (Å²) >= 11 is 0. The molecule has 2 aromatic rings. The zero-order chi connectivity index (χ0) is 22.0. The summed E-state index contributed by atoms with van der Waals surface area (Å²) in [6.45, 7) is 1.86. The molecule has 0 aromatic heterocycles. The molecule has 0 heterocycles. The summed E-state index contributed by atoms with van der Waals surface area (Å²) in [5.74, 6) is 0.546. The Morgan fingerprint density at radius 1 is 1.13 bits per heavy atom. The Morgan fingerprint density at radius 2 is 1.73 bits per heavy atom. The van der Waals surface area contributed by atoms with Crippen LogP contribution in [-0.4, -0.2) is 46.6 Å². The van der Waals surface area contributed by atoms with E-state index in [9.17, 15) is 13.2 Å².